The first-order valence-electron chi connectivity index (χ1n) is 6.86. The van der Waals surface area contributed by atoms with E-state index in [4.69, 9.17) is 44.1 Å². The van der Waals surface area contributed by atoms with E-state index in [1.807, 2.05) is 12.1 Å². The van der Waals surface area contributed by atoms with Crippen LogP contribution in [0.3, 0.4) is 0 Å². The van der Waals surface area contributed by atoms with E-state index in [1.54, 1.807) is 31.4 Å². The second-order valence-electron chi connectivity index (χ2n) is 4.70. The van der Waals surface area contributed by atoms with Crippen molar-refractivity contribution in [3.63, 3.8) is 0 Å². The molecule has 0 unspecified atom stereocenters. The van der Waals surface area contributed by atoms with Crippen LogP contribution in [0.15, 0.2) is 46.6 Å². The largest absolute Gasteiger partial charge is 0.496 e. The van der Waals surface area contributed by atoms with Crippen LogP contribution in [0, 0.1) is 0 Å². The number of guanidine groups is 1. The molecule has 0 atom stereocenters. The maximum Gasteiger partial charge on any atom is 0.211 e. The molecule has 0 aliphatic heterocycles. The van der Waals surface area contributed by atoms with Crippen LogP contribution < -0.4 is 20.9 Å². The fourth-order valence-corrected chi connectivity index (χ4v) is 2.36. The molecule has 4 N–H and O–H groups in total. The zero-order valence-electron chi connectivity index (χ0n) is 12.9. The molecule has 0 aromatic heterocycles. The van der Waals surface area contributed by atoms with Gasteiger partial charge in [-0.05, 0) is 42.0 Å². The molecule has 2 aromatic rings. The Morgan fingerprint density at radius 2 is 1.88 bits per heavy atom. The molecule has 0 saturated heterocycles. The lowest BCUT2D eigenvalue weighted by molar-refractivity contribution is 0.297. The van der Waals surface area contributed by atoms with Crippen molar-refractivity contribution < 1.29 is 9.47 Å². The monoisotopic (exact) mass is 366 g/mol. The van der Waals surface area contributed by atoms with Gasteiger partial charge in [0.2, 0.25) is 5.96 Å². The van der Waals surface area contributed by atoms with Crippen molar-refractivity contribution in [2.45, 2.75) is 6.61 Å². The molecule has 0 radical (unpaired) electrons. The summed E-state index contributed by atoms with van der Waals surface area (Å²) in [5.41, 5.74) is 12.1. The Hall–Kier alpha value is -2.44. The molecule has 24 heavy (non-hydrogen) atoms. The number of nitrogens with two attached hydrogens (primary N) is 2. The quantitative estimate of drug-likeness (QED) is 0.466. The van der Waals surface area contributed by atoms with Crippen LogP contribution in [0.5, 0.6) is 11.5 Å². The summed E-state index contributed by atoms with van der Waals surface area (Å²) in [6.07, 6.45) is 1.53. The van der Waals surface area contributed by atoms with Crippen LogP contribution in [0.2, 0.25) is 10.0 Å². The van der Waals surface area contributed by atoms with Crippen LogP contribution >= 0.6 is 23.2 Å². The van der Waals surface area contributed by atoms with Gasteiger partial charge in [-0.25, -0.2) is 0 Å². The molecule has 0 bridgehead atoms. The number of hydrogen-bond acceptors (Lipinski definition) is 4. The zero-order valence-corrected chi connectivity index (χ0v) is 14.4. The average Bonchev–Trinajstić information content (AvgIpc) is 2.54. The smallest absolute Gasteiger partial charge is 0.211 e. The molecular formula is C16H16Cl2N4O2. The second kappa shape index (κ2) is 8.42. The summed E-state index contributed by atoms with van der Waals surface area (Å²) in [7, 11) is 1.58. The summed E-state index contributed by atoms with van der Waals surface area (Å²) < 4.78 is 11.1. The van der Waals surface area contributed by atoms with Gasteiger partial charge in [0.05, 0.1) is 18.3 Å². The first-order valence-corrected chi connectivity index (χ1v) is 7.62. The van der Waals surface area contributed by atoms with Crippen LogP contribution in [-0.2, 0) is 6.61 Å². The molecule has 126 valence electrons. The molecule has 0 fully saturated rings. The fourth-order valence-electron chi connectivity index (χ4n) is 1.90. The Labute approximate surface area is 149 Å². The lowest BCUT2D eigenvalue weighted by Gasteiger charge is -2.12. The Morgan fingerprint density at radius 1 is 1.12 bits per heavy atom. The minimum absolute atomic E-state index is 0.110. The predicted molar refractivity (Wildman–Crippen MR) is 97.2 cm³/mol. The van der Waals surface area contributed by atoms with Crippen molar-refractivity contribution in [3.05, 3.63) is 57.6 Å². The SMILES string of the molecule is COc1ccc(C=NN=C(N)N)cc1COc1ccc(Cl)cc1Cl. The number of ether oxygens (including phenoxy) is 2. The highest BCUT2D eigenvalue weighted by Crippen LogP contribution is 2.29. The van der Waals surface area contributed by atoms with E-state index in [0.717, 1.165) is 11.1 Å². The molecule has 2 aromatic carbocycles. The number of benzene rings is 2. The molecule has 0 spiro atoms. The van der Waals surface area contributed by atoms with E-state index in [9.17, 15) is 0 Å². The van der Waals surface area contributed by atoms with E-state index in [1.165, 1.54) is 6.21 Å². The third-order valence-corrected chi connectivity index (χ3v) is 3.49. The highest BCUT2D eigenvalue weighted by molar-refractivity contribution is 6.35. The van der Waals surface area contributed by atoms with Gasteiger partial charge < -0.3 is 20.9 Å². The molecule has 0 aliphatic rings. The van der Waals surface area contributed by atoms with E-state index >= 15 is 0 Å². The van der Waals surface area contributed by atoms with Gasteiger partial charge in [0.15, 0.2) is 0 Å². The van der Waals surface area contributed by atoms with Crippen LogP contribution in [-0.4, -0.2) is 19.3 Å². The summed E-state index contributed by atoms with van der Waals surface area (Å²) in [5.74, 6) is 1.10. The maximum atomic E-state index is 6.10. The van der Waals surface area contributed by atoms with Crippen LogP contribution in [0.25, 0.3) is 0 Å². The van der Waals surface area contributed by atoms with E-state index in [-0.39, 0.29) is 12.6 Å². The van der Waals surface area contributed by atoms with Gasteiger partial charge in [-0.2, -0.15) is 5.10 Å². The lowest BCUT2D eigenvalue weighted by Crippen LogP contribution is -2.21. The van der Waals surface area contributed by atoms with E-state index in [2.05, 4.69) is 10.2 Å². The van der Waals surface area contributed by atoms with Crippen molar-refractivity contribution in [1.82, 2.24) is 0 Å². The third-order valence-electron chi connectivity index (χ3n) is 2.96. The topological polar surface area (TPSA) is 95.2 Å². The first kappa shape index (κ1) is 17.9. The number of nitrogens with zero attached hydrogens (tertiary/aromatic N) is 2. The molecule has 0 amide bonds. The van der Waals surface area contributed by atoms with Crippen molar-refractivity contribution in [1.29, 1.82) is 0 Å². The Kier molecular flexibility index (Phi) is 6.28. The number of halogens is 2. The molecule has 0 saturated carbocycles. The van der Waals surface area contributed by atoms with Gasteiger partial charge in [0.1, 0.15) is 18.1 Å². The van der Waals surface area contributed by atoms with Gasteiger partial charge in [-0.3, -0.25) is 0 Å². The Balaban J connectivity index is 2.18. The molecular weight excluding hydrogens is 351 g/mol. The van der Waals surface area contributed by atoms with Crippen molar-refractivity contribution in [3.8, 4) is 11.5 Å². The summed E-state index contributed by atoms with van der Waals surface area (Å²) in [4.78, 5) is 0. The molecule has 0 aliphatic carbocycles. The highest BCUT2D eigenvalue weighted by Gasteiger charge is 2.07. The zero-order chi connectivity index (χ0) is 17.5. The Bertz CT molecular complexity index is 775. The fraction of sp³-hybridized carbons (Fsp3) is 0.125. The molecule has 0 heterocycles. The number of rotatable bonds is 6. The Morgan fingerprint density at radius 3 is 2.54 bits per heavy atom. The minimum atomic E-state index is -0.110. The van der Waals surface area contributed by atoms with Crippen LogP contribution in [0.4, 0.5) is 0 Å². The summed E-state index contributed by atoms with van der Waals surface area (Å²) in [6, 6.07) is 10.5. The van der Waals surface area contributed by atoms with Crippen LogP contribution in [0.1, 0.15) is 11.1 Å². The minimum Gasteiger partial charge on any atom is -0.496 e. The van der Waals surface area contributed by atoms with Crippen molar-refractivity contribution >= 4 is 35.4 Å². The maximum absolute atomic E-state index is 6.10. The summed E-state index contributed by atoms with van der Waals surface area (Å²) >= 11 is 12.0. The van der Waals surface area contributed by atoms with Gasteiger partial charge >= 0.3 is 0 Å². The number of hydrogen-bond donors (Lipinski definition) is 2. The van der Waals surface area contributed by atoms with Crippen molar-refractivity contribution in [2.24, 2.45) is 21.7 Å². The third kappa shape index (κ3) is 5.04. The second-order valence-corrected chi connectivity index (χ2v) is 5.55. The van der Waals surface area contributed by atoms with E-state index < -0.39 is 0 Å². The number of methoxy groups -OCH3 is 1. The molecule has 8 heteroatoms. The van der Waals surface area contributed by atoms with Gasteiger partial charge in [-0.1, -0.05) is 23.2 Å². The van der Waals surface area contributed by atoms with Gasteiger partial charge in [0, 0.05) is 10.6 Å². The van der Waals surface area contributed by atoms with Gasteiger partial charge in [0.25, 0.3) is 0 Å². The molecule has 2 rings (SSSR count). The average molecular weight is 367 g/mol. The molecule has 6 nitrogen and oxygen atoms in total. The summed E-state index contributed by atoms with van der Waals surface area (Å²) in [6.45, 7) is 0.258. The predicted octanol–water partition coefficient (Wildman–Crippen LogP) is 3.19. The van der Waals surface area contributed by atoms with Gasteiger partial charge in [-0.15, -0.1) is 5.10 Å². The highest BCUT2D eigenvalue weighted by atomic mass is 35.5. The standard InChI is InChI=1S/C16H16Cl2N4O2/c1-23-14-4-2-10(8-21-22-16(19)20)6-11(14)9-24-15-5-3-12(17)7-13(15)18/h2-8H,9H2,1H3,(H4,19,20,22). The first-order chi connectivity index (χ1) is 11.5. The summed E-state index contributed by atoms with van der Waals surface area (Å²) in [5, 5.41) is 8.31. The normalized spacial score (nSPS) is 10.6. The van der Waals surface area contributed by atoms with E-state index in [0.29, 0.717) is 21.5 Å². The lowest BCUT2D eigenvalue weighted by atomic mass is 10.1. The van der Waals surface area contributed by atoms with Crippen molar-refractivity contribution in [2.75, 3.05) is 7.11 Å².